The van der Waals surface area contributed by atoms with E-state index < -0.39 is 0 Å². The van der Waals surface area contributed by atoms with Gasteiger partial charge in [0.2, 0.25) is 0 Å². The average molecular weight is 234 g/mol. The van der Waals surface area contributed by atoms with E-state index in [1.54, 1.807) is 0 Å². The van der Waals surface area contributed by atoms with Crippen molar-refractivity contribution < 1.29 is 0 Å². The third kappa shape index (κ3) is 5.85. The molecule has 0 unspecified atom stereocenters. The fourth-order valence-electron chi connectivity index (χ4n) is 1.82. The van der Waals surface area contributed by atoms with Crippen LogP contribution < -0.4 is 0 Å². The van der Waals surface area contributed by atoms with Crippen LogP contribution in [-0.2, 0) is 6.42 Å². The molecule has 0 heterocycles. The quantitative estimate of drug-likeness (QED) is 0.715. The largest absolute Gasteiger partial charge is 0.308 e. The zero-order valence-electron chi connectivity index (χ0n) is 11.7. The van der Waals surface area contributed by atoms with Crippen LogP contribution in [0.3, 0.4) is 0 Å². The maximum atomic E-state index is 2.45. The van der Waals surface area contributed by atoms with Gasteiger partial charge in [0, 0.05) is 19.1 Å². The molecule has 0 aromatic heterocycles. The van der Waals surface area contributed by atoms with Crippen LogP contribution in [0, 0.1) is 0 Å². The van der Waals surface area contributed by atoms with Gasteiger partial charge < -0.3 is 9.80 Å². The van der Waals surface area contributed by atoms with E-state index in [4.69, 9.17) is 0 Å². The van der Waals surface area contributed by atoms with Gasteiger partial charge in [-0.15, -0.1) is 0 Å². The molecule has 0 fully saturated rings. The Hall–Kier alpha value is -0.860. The van der Waals surface area contributed by atoms with Crippen molar-refractivity contribution >= 4 is 0 Å². The average Bonchev–Trinajstić information content (AvgIpc) is 2.34. The van der Waals surface area contributed by atoms with Crippen LogP contribution in [0.25, 0.3) is 0 Å². The number of rotatable bonds is 7. The second-order valence-electron chi connectivity index (χ2n) is 5.16. The van der Waals surface area contributed by atoms with Crippen LogP contribution in [-0.4, -0.2) is 50.1 Å². The summed E-state index contributed by atoms with van der Waals surface area (Å²) in [6, 6.07) is 11.4. The van der Waals surface area contributed by atoms with Crippen molar-refractivity contribution in [3.8, 4) is 0 Å². The van der Waals surface area contributed by atoms with Crippen molar-refractivity contribution in [3.63, 3.8) is 0 Å². The van der Waals surface area contributed by atoms with Gasteiger partial charge in [0.25, 0.3) is 0 Å². The topological polar surface area (TPSA) is 6.48 Å². The Bertz CT molecular complexity index is 295. The summed E-state index contributed by atoms with van der Waals surface area (Å²) in [4.78, 5) is 4.68. The first kappa shape index (κ1) is 14.2. The molecule has 0 N–H and O–H groups in total. The maximum Gasteiger partial charge on any atom is 0.0109 e. The van der Waals surface area contributed by atoms with Crippen LogP contribution in [0.4, 0.5) is 0 Å². The predicted octanol–water partition coefficient (Wildman–Crippen LogP) is 2.50. The highest BCUT2D eigenvalue weighted by Gasteiger charge is 2.08. The molecule has 0 aliphatic carbocycles. The van der Waals surface area contributed by atoms with Crippen LogP contribution in [0.2, 0.25) is 0 Å². The van der Waals surface area contributed by atoms with E-state index in [-0.39, 0.29) is 0 Å². The molecule has 0 amide bonds. The van der Waals surface area contributed by atoms with Crippen molar-refractivity contribution in [1.82, 2.24) is 9.80 Å². The Morgan fingerprint density at radius 3 is 2.24 bits per heavy atom. The number of nitrogens with zero attached hydrogens (tertiary/aromatic N) is 2. The molecule has 0 aliphatic rings. The second kappa shape index (κ2) is 7.46. The molecule has 1 rings (SSSR count). The number of hydrogen-bond acceptors (Lipinski definition) is 2. The molecule has 0 saturated heterocycles. The lowest BCUT2D eigenvalue weighted by Gasteiger charge is -2.26. The van der Waals surface area contributed by atoms with Crippen molar-refractivity contribution in [2.75, 3.05) is 34.2 Å². The highest BCUT2D eigenvalue weighted by atomic mass is 15.2. The standard InChI is InChI=1S/C15H26N2/c1-14(17(4)13-12-16(2)3)10-11-15-8-6-5-7-9-15/h5-9,14H,10-13H2,1-4H3/t14-/m1/s1. The third-order valence-electron chi connectivity index (χ3n) is 3.35. The van der Waals surface area contributed by atoms with Gasteiger partial charge in [-0.3, -0.25) is 0 Å². The molecule has 0 spiro atoms. The van der Waals surface area contributed by atoms with Crippen molar-refractivity contribution in [3.05, 3.63) is 35.9 Å². The van der Waals surface area contributed by atoms with E-state index in [0.29, 0.717) is 6.04 Å². The van der Waals surface area contributed by atoms with Crippen LogP contribution in [0.5, 0.6) is 0 Å². The van der Waals surface area contributed by atoms with Crippen molar-refractivity contribution in [2.24, 2.45) is 0 Å². The summed E-state index contributed by atoms with van der Waals surface area (Å²) in [6.07, 6.45) is 2.41. The molecule has 0 bridgehead atoms. The zero-order valence-corrected chi connectivity index (χ0v) is 11.7. The lowest BCUT2D eigenvalue weighted by atomic mass is 10.1. The smallest absolute Gasteiger partial charge is 0.0109 e. The van der Waals surface area contributed by atoms with Gasteiger partial charge in [-0.2, -0.15) is 0 Å². The Kier molecular flexibility index (Phi) is 6.23. The van der Waals surface area contributed by atoms with Crippen LogP contribution in [0.15, 0.2) is 30.3 Å². The van der Waals surface area contributed by atoms with Crippen molar-refractivity contribution in [2.45, 2.75) is 25.8 Å². The highest BCUT2D eigenvalue weighted by molar-refractivity contribution is 5.14. The second-order valence-corrected chi connectivity index (χ2v) is 5.16. The number of likely N-dealkylation sites (N-methyl/N-ethyl adjacent to an activating group) is 2. The van der Waals surface area contributed by atoms with E-state index in [1.807, 2.05) is 0 Å². The van der Waals surface area contributed by atoms with E-state index in [2.05, 4.69) is 68.2 Å². The molecule has 0 saturated carbocycles. The third-order valence-corrected chi connectivity index (χ3v) is 3.35. The minimum absolute atomic E-state index is 0.648. The van der Waals surface area contributed by atoms with E-state index >= 15 is 0 Å². The molecule has 1 aromatic rings. The summed E-state index contributed by atoms with van der Waals surface area (Å²) in [7, 11) is 6.48. The molecule has 0 aliphatic heterocycles. The van der Waals surface area contributed by atoms with Crippen molar-refractivity contribution in [1.29, 1.82) is 0 Å². The van der Waals surface area contributed by atoms with Crippen LogP contribution >= 0.6 is 0 Å². The minimum atomic E-state index is 0.648. The first-order chi connectivity index (χ1) is 8.09. The fourth-order valence-corrected chi connectivity index (χ4v) is 1.82. The summed E-state index contributed by atoms with van der Waals surface area (Å²) in [6.45, 7) is 4.59. The van der Waals surface area contributed by atoms with Crippen LogP contribution in [0.1, 0.15) is 18.9 Å². The first-order valence-corrected chi connectivity index (χ1v) is 6.48. The normalized spacial score (nSPS) is 13.3. The van der Waals surface area contributed by atoms with E-state index in [9.17, 15) is 0 Å². The fraction of sp³-hybridized carbons (Fsp3) is 0.600. The minimum Gasteiger partial charge on any atom is -0.308 e. The summed E-state index contributed by atoms with van der Waals surface area (Å²) in [5, 5.41) is 0. The molecule has 1 aromatic carbocycles. The van der Waals surface area contributed by atoms with Gasteiger partial charge in [0.1, 0.15) is 0 Å². The van der Waals surface area contributed by atoms with Gasteiger partial charge in [0.15, 0.2) is 0 Å². The Morgan fingerprint density at radius 2 is 1.65 bits per heavy atom. The highest BCUT2D eigenvalue weighted by Crippen LogP contribution is 2.08. The van der Waals surface area contributed by atoms with Gasteiger partial charge >= 0.3 is 0 Å². The summed E-state index contributed by atoms with van der Waals surface area (Å²) in [5.74, 6) is 0. The Labute approximate surface area is 106 Å². The van der Waals surface area contributed by atoms with Gasteiger partial charge in [0.05, 0.1) is 0 Å². The summed E-state index contributed by atoms with van der Waals surface area (Å²) >= 11 is 0. The molecular formula is C15H26N2. The molecule has 2 heteroatoms. The molecule has 1 atom stereocenters. The number of hydrogen-bond donors (Lipinski definition) is 0. The molecule has 17 heavy (non-hydrogen) atoms. The number of benzene rings is 1. The van der Waals surface area contributed by atoms with E-state index in [1.165, 1.54) is 18.4 Å². The maximum absolute atomic E-state index is 2.45. The van der Waals surface area contributed by atoms with Gasteiger partial charge in [-0.1, -0.05) is 30.3 Å². The molecule has 96 valence electrons. The van der Waals surface area contributed by atoms with E-state index in [0.717, 1.165) is 13.1 Å². The predicted molar refractivity (Wildman–Crippen MR) is 75.4 cm³/mol. The molecule has 2 nitrogen and oxygen atoms in total. The Balaban J connectivity index is 2.26. The zero-order chi connectivity index (χ0) is 12.7. The summed E-state index contributed by atoms with van der Waals surface area (Å²) < 4.78 is 0. The summed E-state index contributed by atoms with van der Waals surface area (Å²) in [5.41, 5.74) is 1.44. The SMILES string of the molecule is C[C@H](CCc1ccccc1)N(C)CCN(C)C. The molecular weight excluding hydrogens is 208 g/mol. The first-order valence-electron chi connectivity index (χ1n) is 6.48. The lowest BCUT2D eigenvalue weighted by Crippen LogP contribution is -2.35. The number of aryl methyl sites for hydroxylation is 1. The van der Waals surface area contributed by atoms with Gasteiger partial charge in [-0.25, -0.2) is 0 Å². The monoisotopic (exact) mass is 234 g/mol. The molecule has 0 radical (unpaired) electrons. The Morgan fingerprint density at radius 1 is 1.00 bits per heavy atom. The lowest BCUT2D eigenvalue weighted by molar-refractivity contribution is 0.220. The van der Waals surface area contributed by atoms with Gasteiger partial charge in [-0.05, 0) is 46.5 Å².